The molecule has 3 aromatic heterocycles. The molecule has 0 aromatic carbocycles. The minimum atomic E-state index is 0.130. The molecule has 0 bridgehead atoms. The summed E-state index contributed by atoms with van der Waals surface area (Å²) in [5.41, 5.74) is 4.60. The second kappa shape index (κ2) is 6.22. The number of fused-ring (bicyclic) bond motifs is 1. The number of H-pyrrole nitrogens is 1. The Balaban J connectivity index is 1.60. The molecule has 5 nitrogen and oxygen atoms in total. The lowest BCUT2D eigenvalue weighted by atomic mass is 9.99. The van der Waals surface area contributed by atoms with Crippen LogP contribution in [-0.4, -0.2) is 37.9 Å². The van der Waals surface area contributed by atoms with E-state index in [0.29, 0.717) is 0 Å². The molecule has 1 aliphatic heterocycles. The van der Waals surface area contributed by atoms with Gasteiger partial charge in [0.2, 0.25) is 0 Å². The topological polar surface area (TPSA) is 57.7 Å². The normalized spacial score (nSPS) is 18.0. The summed E-state index contributed by atoms with van der Waals surface area (Å²) in [5.74, 6) is 0. The molecule has 1 N–H and O–H groups in total. The van der Waals surface area contributed by atoms with Gasteiger partial charge in [0.05, 0.1) is 34.5 Å². The highest BCUT2D eigenvalue weighted by atomic mass is 32.1. The number of nitrogens with zero attached hydrogens (tertiary/aromatic N) is 4. The van der Waals surface area contributed by atoms with E-state index in [1.54, 1.807) is 17.7 Å². The van der Waals surface area contributed by atoms with E-state index in [0.717, 1.165) is 42.3 Å². The summed E-state index contributed by atoms with van der Waals surface area (Å²) >= 11 is 1.72. The predicted octanol–water partition coefficient (Wildman–Crippen LogP) is 2.76. The van der Waals surface area contributed by atoms with Crippen LogP contribution in [0.15, 0.2) is 36.1 Å². The fourth-order valence-electron chi connectivity index (χ4n) is 3.21. The Morgan fingerprint density at radius 3 is 3.09 bits per heavy atom. The third kappa shape index (κ3) is 2.92. The lowest BCUT2D eigenvalue weighted by Crippen LogP contribution is -2.38. The maximum atomic E-state index is 4.58. The monoisotopic (exact) mass is 325 g/mol. The van der Waals surface area contributed by atoms with Crippen molar-refractivity contribution in [3.63, 3.8) is 0 Å². The quantitative estimate of drug-likeness (QED) is 0.801. The van der Waals surface area contributed by atoms with Crippen LogP contribution >= 0.6 is 11.3 Å². The molecular weight excluding hydrogens is 306 g/mol. The Hall–Kier alpha value is -2.05. The number of rotatable bonds is 4. The Morgan fingerprint density at radius 1 is 1.35 bits per heavy atom. The lowest BCUT2D eigenvalue weighted by molar-refractivity contribution is 0.208. The van der Waals surface area contributed by atoms with Crippen LogP contribution in [0.1, 0.15) is 33.8 Å². The van der Waals surface area contributed by atoms with E-state index in [9.17, 15) is 0 Å². The van der Waals surface area contributed by atoms with E-state index in [2.05, 4.69) is 43.2 Å². The molecule has 0 amide bonds. The second-order valence-electron chi connectivity index (χ2n) is 5.82. The van der Waals surface area contributed by atoms with E-state index in [1.807, 2.05) is 18.3 Å². The summed E-state index contributed by atoms with van der Waals surface area (Å²) < 4.78 is 0. The minimum absolute atomic E-state index is 0.130. The molecule has 0 spiro atoms. The third-order valence-electron chi connectivity index (χ3n) is 4.31. The first-order chi connectivity index (χ1) is 11.3. The van der Waals surface area contributed by atoms with Crippen LogP contribution in [0.5, 0.6) is 0 Å². The van der Waals surface area contributed by atoms with Crippen molar-refractivity contribution in [2.45, 2.75) is 25.8 Å². The summed E-state index contributed by atoms with van der Waals surface area (Å²) in [5, 5.41) is 3.30. The van der Waals surface area contributed by atoms with E-state index in [1.165, 1.54) is 11.4 Å². The number of aromatic nitrogens is 4. The van der Waals surface area contributed by atoms with Crippen LogP contribution < -0.4 is 0 Å². The number of thiazole rings is 1. The van der Waals surface area contributed by atoms with Crippen molar-refractivity contribution in [3.8, 4) is 0 Å². The zero-order valence-electron chi connectivity index (χ0n) is 13.1. The number of hydrogen-bond acceptors (Lipinski definition) is 5. The van der Waals surface area contributed by atoms with E-state index >= 15 is 0 Å². The average Bonchev–Trinajstić information content (AvgIpc) is 3.21. The van der Waals surface area contributed by atoms with Crippen LogP contribution in [0.4, 0.5) is 0 Å². The fraction of sp³-hybridized carbons (Fsp3) is 0.353. The third-order valence-corrected chi connectivity index (χ3v) is 5.14. The smallest absolute Gasteiger partial charge is 0.0968 e. The largest absolute Gasteiger partial charge is 0.348 e. The zero-order valence-corrected chi connectivity index (χ0v) is 13.9. The highest BCUT2D eigenvalue weighted by Crippen LogP contribution is 2.32. The van der Waals surface area contributed by atoms with Crippen LogP contribution in [0.3, 0.4) is 0 Å². The second-order valence-corrected chi connectivity index (χ2v) is 6.88. The van der Waals surface area contributed by atoms with Gasteiger partial charge in [0.15, 0.2) is 0 Å². The molecule has 0 fully saturated rings. The molecular formula is C17H19N5S. The van der Waals surface area contributed by atoms with Crippen molar-refractivity contribution in [1.29, 1.82) is 0 Å². The molecule has 6 heteroatoms. The zero-order chi connectivity index (χ0) is 15.6. The van der Waals surface area contributed by atoms with Crippen molar-refractivity contribution in [2.75, 3.05) is 13.1 Å². The van der Waals surface area contributed by atoms with Gasteiger partial charge in [-0.25, -0.2) is 9.97 Å². The summed E-state index contributed by atoms with van der Waals surface area (Å²) in [6.07, 6.45) is 5.63. The Morgan fingerprint density at radius 2 is 2.30 bits per heavy atom. The van der Waals surface area contributed by atoms with Gasteiger partial charge in [0, 0.05) is 43.2 Å². The van der Waals surface area contributed by atoms with E-state index in [4.69, 9.17) is 0 Å². The molecule has 0 unspecified atom stereocenters. The number of imidazole rings is 1. The molecule has 0 saturated carbocycles. The highest BCUT2D eigenvalue weighted by molar-refractivity contribution is 7.09. The van der Waals surface area contributed by atoms with Crippen molar-refractivity contribution < 1.29 is 0 Å². The molecule has 4 rings (SSSR count). The van der Waals surface area contributed by atoms with Crippen LogP contribution in [0.2, 0.25) is 0 Å². The SMILES string of the molecule is Cc1nc(CCN2CCc3[nH]cnc3[C@H]2c2ccccn2)cs1. The van der Waals surface area contributed by atoms with E-state index in [-0.39, 0.29) is 6.04 Å². The van der Waals surface area contributed by atoms with Crippen LogP contribution in [-0.2, 0) is 12.8 Å². The number of aromatic amines is 1. The lowest BCUT2D eigenvalue weighted by Gasteiger charge is -2.34. The minimum Gasteiger partial charge on any atom is -0.348 e. The van der Waals surface area contributed by atoms with Crippen molar-refractivity contribution in [2.24, 2.45) is 0 Å². The van der Waals surface area contributed by atoms with Gasteiger partial charge in [-0.05, 0) is 19.1 Å². The molecule has 3 aromatic rings. The predicted molar refractivity (Wildman–Crippen MR) is 90.5 cm³/mol. The molecule has 118 valence electrons. The number of nitrogens with one attached hydrogen (secondary N) is 1. The van der Waals surface area contributed by atoms with Gasteiger partial charge in [-0.1, -0.05) is 6.07 Å². The molecule has 4 heterocycles. The Labute approximate surface area is 139 Å². The van der Waals surface area contributed by atoms with Gasteiger partial charge in [-0.2, -0.15) is 0 Å². The van der Waals surface area contributed by atoms with Crippen molar-refractivity contribution in [3.05, 3.63) is 63.9 Å². The molecule has 1 aliphatic rings. The Bertz CT molecular complexity index is 779. The number of aryl methyl sites for hydroxylation is 1. The number of hydrogen-bond donors (Lipinski definition) is 1. The molecule has 0 saturated heterocycles. The Kier molecular flexibility index (Phi) is 3.93. The standard InChI is InChI=1S/C17H19N5S/c1-12-21-13(10-23-12)5-8-22-9-6-14-16(20-11-19-14)17(22)15-4-2-3-7-18-15/h2-4,7,10-11,17H,5-6,8-9H2,1H3,(H,19,20)/t17-/m1/s1. The van der Waals surface area contributed by atoms with Gasteiger partial charge < -0.3 is 4.98 Å². The molecule has 0 aliphatic carbocycles. The highest BCUT2D eigenvalue weighted by Gasteiger charge is 2.31. The van der Waals surface area contributed by atoms with Crippen LogP contribution in [0, 0.1) is 6.92 Å². The van der Waals surface area contributed by atoms with Crippen LogP contribution in [0.25, 0.3) is 0 Å². The van der Waals surface area contributed by atoms with Crippen molar-refractivity contribution >= 4 is 11.3 Å². The first kappa shape index (κ1) is 14.5. The first-order valence-electron chi connectivity index (χ1n) is 7.89. The first-order valence-corrected chi connectivity index (χ1v) is 8.77. The van der Waals surface area contributed by atoms with Gasteiger partial charge in [0.25, 0.3) is 0 Å². The van der Waals surface area contributed by atoms with Crippen molar-refractivity contribution in [1.82, 2.24) is 24.8 Å². The fourth-order valence-corrected chi connectivity index (χ4v) is 3.86. The molecule has 0 radical (unpaired) electrons. The molecule has 23 heavy (non-hydrogen) atoms. The summed E-state index contributed by atoms with van der Waals surface area (Å²) in [4.78, 5) is 19.5. The van der Waals surface area contributed by atoms with Gasteiger partial charge in [-0.3, -0.25) is 9.88 Å². The van der Waals surface area contributed by atoms with E-state index < -0.39 is 0 Å². The summed E-state index contributed by atoms with van der Waals surface area (Å²) in [6.45, 7) is 4.04. The number of pyridine rings is 1. The maximum absolute atomic E-state index is 4.58. The van der Waals surface area contributed by atoms with Gasteiger partial charge in [-0.15, -0.1) is 11.3 Å². The maximum Gasteiger partial charge on any atom is 0.0968 e. The van der Waals surface area contributed by atoms with Gasteiger partial charge >= 0.3 is 0 Å². The summed E-state index contributed by atoms with van der Waals surface area (Å²) in [6, 6.07) is 6.23. The van der Waals surface area contributed by atoms with Gasteiger partial charge in [0.1, 0.15) is 0 Å². The summed E-state index contributed by atoms with van der Waals surface area (Å²) in [7, 11) is 0. The molecule has 1 atom stereocenters. The average molecular weight is 325 g/mol.